The molecule has 0 bridgehead atoms. The van der Waals surface area contributed by atoms with Gasteiger partial charge in [-0.15, -0.1) is 0 Å². The van der Waals surface area contributed by atoms with E-state index in [1.54, 1.807) is 0 Å². The Bertz CT molecular complexity index is 1210. The van der Waals surface area contributed by atoms with E-state index in [1.807, 2.05) is 0 Å². The lowest BCUT2D eigenvalue weighted by Gasteiger charge is -2.05. The van der Waals surface area contributed by atoms with Crippen LogP contribution in [0.25, 0.3) is 11.6 Å². The van der Waals surface area contributed by atoms with Gasteiger partial charge in [-0.25, -0.2) is 8.42 Å². The third kappa shape index (κ3) is 5.18. The average molecular weight is 456 g/mol. The van der Waals surface area contributed by atoms with Gasteiger partial charge in [0, 0.05) is 30.9 Å². The zero-order valence-corrected chi connectivity index (χ0v) is 17.1. The molecule has 0 spiro atoms. The molecule has 160 valence electrons. The molecule has 0 aliphatic heterocycles. The number of sulfone groups is 1. The fraction of sp³-hybridized carbons (Fsp3) is 0.235. The van der Waals surface area contributed by atoms with Crippen LogP contribution in [0.15, 0.2) is 27.9 Å². The average Bonchev–Trinajstić information content (AvgIpc) is 2.91. The second-order valence-corrected chi connectivity index (χ2v) is 9.14. The molecular formula is C17H16N2O9S2. The van der Waals surface area contributed by atoms with Crippen LogP contribution >= 0.6 is 11.3 Å². The first-order valence-corrected chi connectivity index (χ1v) is 11.0. The molecular weight excluding hydrogens is 440 g/mol. The lowest BCUT2D eigenvalue weighted by Crippen LogP contribution is -2.13. The second-order valence-electron chi connectivity index (χ2n) is 6.13. The first-order valence-electron chi connectivity index (χ1n) is 8.25. The molecule has 0 amide bonds. The van der Waals surface area contributed by atoms with Crippen LogP contribution in [0.3, 0.4) is 0 Å². The summed E-state index contributed by atoms with van der Waals surface area (Å²) in [5, 5.41) is 30.3. The molecule has 1 heterocycles. The molecule has 11 nitrogen and oxygen atoms in total. The number of carboxylic acid groups (broad SMARTS) is 1. The highest BCUT2D eigenvalue weighted by Gasteiger charge is 2.22. The fourth-order valence-corrected chi connectivity index (χ4v) is 4.05. The van der Waals surface area contributed by atoms with Gasteiger partial charge in [0.1, 0.15) is 0 Å². The van der Waals surface area contributed by atoms with Crippen molar-refractivity contribution in [3.05, 3.63) is 48.4 Å². The van der Waals surface area contributed by atoms with E-state index in [9.17, 15) is 38.0 Å². The maximum absolute atomic E-state index is 12.1. The van der Waals surface area contributed by atoms with Crippen molar-refractivity contribution in [1.29, 1.82) is 0 Å². The van der Waals surface area contributed by atoms with Crippen molar-refractivity contribution in [1.82, 2.24) is 4.57 Å². The van der Waals surface area contributed by atoms with Crippen LogP contribution in [-0.4, -0.2) is 46.6 Å². The molecule has 2 N–H and O–H groups in total. The Kier molecular flexibility index (Phi) is 6.89. The molecule has 0 unspecified atom stereocenters. The van der Waals surface area contributed by atoms with Crippen molar-refractivity contribution in [3.63, 3.8) is 0 Å². The monoisotopic (exact) mass is 456 g/mol. The number of hydrogen-bond acceptors (Lipinski definition) is 9. The number of nitro groups is 1. The van der Waals surface area contributed by atoms with Gasteiger partial charge in [-0.1, -0.05) is 11.3 Å². The normalized spacial score (nSPS) is 12.0. The van der Waals surface area contributed by atoms with E-state index in [2.05, 4.69) is 0 Å². The van der Waals surface area contributed by atoms with Gasteiger partial charge in [0.2, 0.25) is 5.88 Å². The fourth-order valence-electron chi connectivity index (χ4n) is 2.55. The number of hydrogen-bond donors (Lipinski definition) is 2. The smallest absolute Gasteiger partial charge is 0.310 e. The largest absolute Gasteiger partial charge is 0.493 e. The Balaban J connectivity index is 2.53. The number of benzene rings is 1. The molecule has 0 fully saturated rings. The molecule has 0 aliphatic rings. The summed E-state index contributed by atoms with van der Waals surface area (Å²) in [5.74, 6) is -1.57. The summed E-state index contributed by atoms with van der Waals surface area (Å²) < 4.78 is 24.2. The third-order valence-electron chi connectivity index (χ3n) is 3.98. The van der Waals surface area contributed by atoms with Crippen molar-refractivity contribution in [2.24, 2.45) is 0 Å². The van der Waals surface area contributed by atoms with Gasteiger partial charge in [-0.2, -0.15) is 0 Å². The van der Waals surface area contributed by atoms with Gasteiger partial charge >= 0.3 is 10.8 Å². The van der Waals surface area contributed by atoms with Gasteiger partial charge in [-0.05, 0) is 24.6 Å². The van der Waals surface area contributed by atoms with Gasteiger partial charge in [-0.3, -0.25) is 29.1 Å². The van der Waals surface area contributed by atoms with Crippen molar-refractivity contribution in [2.45, 2.75) is 24.3 Å². The molecule has 30 heavy (non-hydrogen) atoms. The molecule has 0 aliphatic carbocycles. The molecule has 13 heteroatoms. The molecule has 1 aromatic heterocycles. The zero-order valence-electron chi connectivity index (χ0n) is 15.5. The van der Waals surface area contributed by atoms with Crippen LogP contribution < -0.4 is 4.87 Å². The number of aldehydes is 1. The predicted molar refractivity (Wildman–Crippen MR) is 107 cm³/mol. The van der Waals surface area contributed by atoms with Gasteiger partial charge in [0.15, 0.2) is 16.1 Å². The van der Waals surface area contributed by atoms with Gasteiger partial charge in [0.05, 0.1) is 20.3 Å². The summed E-state index contributed by atoms with van der Waals surface area (Å²) >= 11 is 0.569. The molecule has 0 atom stereocenters. The summed E-state index contributed by atoms with van der Waals surface area (Å²) in [6.45, 7) is -0.0685. The number of thiazole rings is 1. The summed E-state index contributed by atoms with van der Waals surface area (Å²) in [4.78, 5) is 43.8. The van der Waals surface area contributed by atoms with Crippen LogP contribution in [0.1, 0.15) is 23.3 Å². The number of carboxylic acids is 1. The van der Waals surface area contributed by atoms with E-state index < -0.39 is 37.2 Å². The Hall–Kier alpha value is -3.32. The van der Waals surface area contributed by atoms with Gasteiger partial charge in [0.25, 0.3) is 5.69 Å². The highest BCUT2D eigenvalue weighted by Crippen LogP contribution is 2.31. The minimum absolute atomic E-state index is 0.0566. The van der Waals surface area contributed by atoms with Crippen LogP contribution in [-0.2, 0) is 26.0 Å². The van der Waals surface area contributed by atoms with Crippen LogP contribution in [0.5, 0.6) is 5.88 Å². The van der Waals surface area contributed by atoms with Gasteiger partial charge < -0.3 is 10.2 Å². The molecule has 0 radical (unpaired) electrons. The van der Waals surface area contributed by atoms with E-state index in [-0.39, 0.29) is 46.6 Å². The molecule has 1 aromatic carbocycles. The first-order chi connectivity index (χ1) is 14.0. The van der Waals surface area contributed by atoms with Crippen molar-refractivity contribution in [3.8, 4) is 5.88 Å². The molecule has 0 saturated carbocycles. The predicted octanol–water partition coefficient (Wildman–Crippen LogP) is 1.53. The SMILES string of the molecule is CS(=O)(=O)c1ccc(C(C=O)=Cc2sc(=O)n(CCCC(=O)O)c2O)c([N+](=O)[O-])c1. The molecule has 2 aromatic rings. The van der Waals surface area contributed by atoms with Crippen LogP contribution in [0, 0.1) is 10.1 Å². The summed E-state index contributed by atoms with van der Waals surface area (Å²) in [5.41, 5.74) is -1.08. The van der Waals surface area contributed by atoms with E-state index in [0.29, 0.717) is 11.3 Å². The first kappa shape index (κ1) is 23.0. The summed E-state index contributed by atoms with van der Waals surface area (Å²) in [7, 11) is -3.73. The Morgan fingerprint density at radius 3 is 2.57 bits per heavy atom. The topological polar surface area (TPSA) is 174 Å². The minimum Gasteiger partial charge on any atom is -0.493 e. The van der Waals surface area contributed by atoms with E-state index in [0.717, 1.165) is 35.1 Å². The van der Waals surface area contributed by atoms with Crippen molar-refractivity contribution >= 4 is 50.8 Å². The van der Waals surface area contributed by atoms with Crippen LogP contribution in [0.2, 0.25) is 0 Å². The lowest BCUT2D eigenvalue weighted by molar-refractivity contribution is -0.385. The number of aliphatic carboxylic acids is 1. The molecule has 2 rings (SSSR count). The number of carbonyl (C=O) groups excluding carboxylic acids is 1. The number of rotatable bonds is 9. The second kappa shape index (κ2) is 9.00. The molecule has 0 saturated heterocycles. The van der Waals surface area contributed by atoms with E-state index in [4.69, 9.17) is 5.11 Å². The Morgan fingerprint density at radius 1 is 1.37 bits per heavy atom. The highest BCUT2D eigenvalue weighted by atomic mass is 32.2. The summed E-state index contributed by atoms with van der Waals surface area (Å²) in [6, 6.07) is 3.02. The Labute approximate surface area is 173 Å². The maximum Gasteiger partial charge on any atom is 0.310 e. The number of nitrogens with zero attached hydrogens (tertiary/aromatic N) is 2. The van der Waals surface area contributed by atoms with E-state index in [1.165, 1.54) is 0 Å². The van der Waals surface area contributed by atoms with Crippen molar-refractivity contribution < 1.29 is 33.1 Å². The maximum atomic E-state index is 12.1. The minimum atomic E-state index is -3.73. The van der Waals surface area contributed by atoms with Crippen LogP contribution in [0.4, 0.5) is 5.69 Å². The number of allylic oxidation sites excluding steroid dienone is 1. The summed E-state index contributed by atoms with van der Waals surface area (Å²) in [6.07, 6.45) is 2.10. The van der Waals surface area contributed by atoms with E-state index >= 15 is 0 Å². The number of nitro benzene ring substituents is 1. The quantitative estimate of drug-likeness (QED) is 0.245. The standard InChI is InChI=1S/C17H16N2O9S2/c1-30(27,28)11-4-5-12(13(8-11)19(25)26)10(9-20)7-14-16(23)18(17(24)29-14)6-2-3-15(21)22/h4-5,7-9,23H,2-3,6H2,1H3,(H,21,22). The lowest BCUT2D eigenvalue weighted by atomic mass is 10.0. The number of aromatic nitrogens is 1. The zero-order chi connectivity index (χ0) is 22.6. The number of carbonyl (C=O) groups is 2. The Morgan fingerprint density at radius 2 is 2.03 bits per heavy atom. The highest BCUT2D eigenvalue weighted by molar-refractivity contribution is 7.90. The van der Waals surface area contributed by atoms with Crippen molar-refractivity contribution in [2.75, 3.05) is 6.26 Å². The number of aromatic hydroxyl groups is 1. The third-order valence-corrected chi connectivity index (χ3v) is 6.01.